The number of amides is 1. The summed E-state index contributed by atoms with van der Waals surface area (Å²) in [6.45, 7) is 4.15. The van der Waals surface area contributed by atoms with Crippen LogP contribution < -0.4 is 10.9 Å². The number of halogens is 1. The van der Waals surface area contributed by atoms with Crippen molar-refractivity contribution in [1.82, 2.24) is 4.57 Å². The Morgan fingerprint density at radius 1 is 1.00 bits per heavy atom. The first-order valence-corrected chi connectivity index (χ1v) is 8.65. The molecule has 4 nitrogen and oxygen atoms in total. The monoisotopic (exact) mass is 366 g/mol. The summed E-state index contributed by atoms with van der Waals surface area (Å²) in [4.78, 5) is 25.4. The smallest absolute Gasteiger partial charge is 0.263 e. The minimum Gasteiger partial charge on any atom is -0.321 e. The number of benzene rings is 2. The maximum absolute atomic E-state index is 12.7. The SMILES string of the molecule is Cc1cccc(C)c1NC(=O)c1cccn(Cc2ccccc2Cl)c1=O. The summed E-state index contributed by atoms with van der Waals surface area (Å²) in [6, 6.07) is 16.3. The quantitative estimate of drug-likeness (QED) is 0.743. The van der Waals surface area contributed by atoms with Gasteiger partial charge in [0.25, 0.3) is 11.5 Å². The number of carbonyl (C=O) groups excluding carboxylic acids is 1. The van der Waals surface area contributed by atoms with E-state index in [9.17, 15) is 9.59 Å². The van der Waals surface area contributed by atoms with Gasteiger partial charge in [0, 0.05) is 16.9 Å². The molecule has 0 fully saturated rings. The maximum Gasteiger partial charge on any atom is 0.263 e. The van der Waals surface area contributed by atoms with Crippen molar-refractivity contribution in [2.45, 2.75) is 20.4 Å². The van der Waals surface area contributed by atoms with Crippen molar-refractivity contribution < 1.29 is 4.79 Å². The summed E-state index contributed by atoms with van der Waals surface area (Å²) in [6.07, 6.45) is 1.65. The van der Waals surface area contributed by atoms with E-state index in [2.05, 4.69) is 5.32 Å². The topological polar surface area (TPSA) is 51.1 Å². The molecule has 2 aromatic carbocycles. The molecule has 0 aliphatic heterocycles. The molecule has 0 saturated carbocycles. The van der Waals surface area contributed by atoms with E-state index < -0.39 is 5.91 Å². The van der Waals surface area contributed by atoms with Crippen LogP contribution in [0.5, 0.6) is 0 Å². The molecule has 1 amide bonds. The number of nitrogens with zero attached hydrogens (tertiary/aromatic N) is 1. The Bertz CT molecular complexity index is 1000. The highest BCUT2D eigenvalue weighted by Gasteiger charge is 2.15. The first-order chi connectivity index (χ1) is 12.5. The number of hydrogen-bond donors (Lipinski definition) is 1. The Morgan fingerprint density at radius 3 is 2.38 bits per heavy atom. The van der Waals surface area contributed by atoms with Crippen LogP contribution in [-0.2, 0) is 6.54 Å². The lowest BCUT2D eigenvalue weighted by Crippen LogP contribution is -2.29. The van der Waals surface area contributed by atoms with Gasteiger partial charge in [-0.15, -0.1) is 0 Å². The van der Waals surface area contributed by atoms with Crippen molar-refractivity contribution in [1.29, 1.82) is 0 Å². The summed E-state index contributed by atoms with van der Waals surface area (Å²) < 4.78 is 1.49. The van der Waals surface area contributed by atoms with Gasteiger partial charge in [0.15, 0.2) is 0 Å². The second kappa shape index (κ2) is 7.58. The summed E-state index contributed by atoms with van der Waals surface area (Å²) in [7, 11) is 0. The van der Waals surface area contributed by atoms with Crippen LogP contribution in [-0.4, -0.2) is 10.5 Å². The van der Waals surface area contributed by atoms with Crippen molar-refractivity contribution in [3.63, 3.8) is 0 Å². The van der Waals surface area contributed by atoms with E-state index in [0.29, 0.717) is 11.6 Å². The van der Waals surface area contributed by atoms with Gasteiger partial charge in [-0.3, -0.25) is 9.59 Å². The van der Waals surface area contributed by atoms with Gasteiger partial charge in [0.2, 0.25) is 0 Å². The van der Waals surface area contributed by atoms with E-state index >= 15 is 0 Å². The molecule has 132 valence electrons. The molecule has 26 heavy (non-hydrogen) atoms. The molecule has 3 aromatic rings. The lowest BCUT2D eigenvalue weighted by molar-refractivity contribution is 0.102. The van der Waals surface area contributed by atoms with Crippen LogP contribution in [0.25, 0.3) is 0 Å². The molecule has 0 atom stereocenters. The van der Waals surface area contributed by atoms with Gasteiger partial charge in [-0.25, -0.2) is 0 Å². The molecule has 0 spiro atoms. The fourth-order valence-electron chi connectivity index (χ4n) is 2.84. The first kappa shape index (κ1) is 18.0. The number of pyridine rings is 1. The van der Waals surface area contributed by atoms with Gasteiger partial charge in [0.1, 0.15) is 5.56 Å². The van der Waals surface area contributed by atoms with Gasteiger partial charge in [-0.05, 0) is 48.7 Å². The van der Waals surface area contributed by atoms with E-state index in [4.69, 9.17) is 11.6 Å². The van der Waals surface area contributed by atoms with Gasteiger partial charge in [0.05, 0.1) is 6.54 Å². The highest BCUT2D eigenvalue weighted by Crippen LogP contribution is 2.20. The lowest BCUT2D eigenvalue weighted by Gasteiger charge is -2.12. The summed E-state index contributed by atoms with van der Waals surface area (Å²) in [5.41, 5.74) is 3.21. The van der Waals surface area contributed by atoms with Crippen LogP contribution in [0.1, 0.15) is 27.0 Å². The third kappa shape index (κ3) is 3.70. The van der Waals surface area contributed by atoms with Crippen molar-refractivity contribution in [2.75, 3.05) is 5.32 Å². The Kier molecular flexibility index (Phi) is 5.24. The maximum atomic E-state index is 12.7. The standard InChI is InChI=1S/C21H19ClN2O2/c1-14-7-5-8-15(2)19(14)23-20(25)17-10-6-12-24(21(17)26)13-16-9-3-4-11-18(16)22/h3-12H,13H2,1-2H3,(H,23,25). The lowest BCUT2D eigenvalue weighted by atomic mass is 10.1. The van der Waals surface area contributed by atoms with Gasteiger partial charge >= 0.3 is 0 Å². The van der Waals surface area contributed by atoms with E-state index in [1.807, 2.05) is 50.2 Å². The molecule has 3 rings (SSSR count). The van der Waals surface area contributed by atoms with Crippen LogP contribution in [0.2, 0.25) is 5.02 Å². The molecular formula is C21H19ClN2O2. The van der Waals surface area contributed by atoms with Crippen LogP contribution in [0.15, 0.2) is 65.6 Å². The molecule has 1 aromatic heterocycles. The molecule has 0 radical (unpaired) electrons. The Morgan fingerprint density at radius 2 is 1.69 bits per heavy atom. The number of carbonyl (C=O) groups is 1. The molecule has 1 N–H and O–H groups in total. The second-order valence-corrected chi connectivity index (χ2v) is 6.57. The third-order valence-corrected chi connectivity index (χ3v) is 4.65. The first-order valence-electron chi connectivity index (χ1n) is 8.28. The van der Waals surface area contributed by atoms with Crippen LogP contribution in [0.3, 0.4) is 0 Å². The number of hydrogen-bond acceptors (Lipinski definition) is 2. The van der Waals surface area contributed by atoms with Crippen molar-refractivity contribution >= 4 is 23.2 Å². The minimum absolute atomic E-state index is 0.0993. The van der Waals surface area contributed by atoms with Gasteiger partial charge < -0.3 is 9.88 Å². The molecular weight excluding hydrogens is 348 g/mol. The normalized spacial score (nSPS) is 10.6. The van der Waals surface area contributed by atoms with Gasteiger partial charge in [-0.2, -0.15) is 0 Å². The van der Waals surface area contributed by atoms with E-state index in [1.165, 1.54) is 10.6 Å². The van der Waals surface area contributed by atoms with E-state index in [1.54, 1.807) is 18.3 Å². The van der Waals surface area contributed by atoms with Crippen molar-refractivity contribution in [3.8, 4) is 0 Å². The predicted molar refractivity (Wildman–Crippen MR) is 105 cm³/mol. The third-order valence-electron chi connectivity index (χ3n) is 4.28. The zero-order valence-electron chi connectivity index (χ0n) is 14.6. The minimum atomic E-state index is -0.416. The number of rotatable bonds is 4. The molecule has 0 aliphatic carbocycles. The molecule has 0 aliphatic rings. The number of aromatic nitrogens is 1. The predicted octanol–water partition coefficient (Wildman–Crippen LogP) is 4.42. The summed E-state index contributed by atoms with van der Waals surface area (Å²) in [5.74, 6) is -0.416. The van der Waals surface area contributed by atoms with Crippen molar-refractivity contribution in [3.05, 3.63) is 98.4 Å². The van der Waals surface area contributed by atoms with Crippen molar-refractivity contribution in [2.24, 2.45) is 0 Å². The van der Waals surface area contributed by atoms with Crippen LogP contribution in [0.4, 0.5) is 5.69 Å². The zero-order valence-corrected chi connectivity index (χ0v) is 15.4. The number of nitrogens with one attached hydrogen (secondary N) is 1. The Labute approximate surface area is 157 Å². The average molecular weight is 367 g/mol. The molecule has 0 bridgehead atoms. The largest absolute Gasteiger partial charge is 0.321 e. The van der Waals surface area contributed by atoms with Crippen LogP contribution >= 0.6 is 11.6 Å². The van der Waals surface area contributed by atoms with Gasteiger partial charge in [-0.1, -0.05) is 48.0 Å². The second-order valence-electron chi connectivity index (χ2n) is 6.17. The average Bonchev–Trinajstić information content (AvgIpc) is 2.62. The molecule has 0 unspecified atom stereocenters. The molecule has 1 heterocycles. The summed E-state index contributed by atoms with van der Waals surface area (Å²) in [5, 5.41) is 3.45. The van der Waals surface area contributed by atoms with E-state index in [0.717, 1.165) is 22.4 Å². The Balaban J connectivity index is 1.91. The molecule has 0 saturated heterocycles. The zero-order chi connectivity index (χ0) is 18.7. The van der Waals surface area contributed by atoms with E-state index in [-0.39, 0.29) is 11.1 Å². The highest BCUT2D eigenvalue weighted by molar-refractivity contribution is 6.31. The number of aryl methyl sites for hydroxylation is 2. The fourth-order valence-corrected chi connectivity index (χ4v) is 3.03. The number of anilines is 1. The Hall–Kier alpha value is -2.85. The summed E-state index contributed by atoms with van der Waals surface area (Å²) >= 11 is 6.18. The highest BCUT2D eigenvalue weighted by atomic mass is 35.5. The van der Waals surface area contributed by atoms with Crippen LogP contribution in [0, 0.1) is 13.8 Å². The number of para-hydroxylation sites is 1. The fraction of sp³-hybridized carbons (Fsp3) is 0.143. The molecule has 5 heteroatoms.